The Bertz CT molecular complexity index is 881. The fourth-order valence-corrected chi connectivity index (χ4v) is 4.68. The number of aromatic nitrogens is 3. The molecule has 0 amide bonds. The van der Waals surface area contributed by atoms with E-state index in [0.717, 1.165) is 37.0 Å². The van der Waals surface area contributed by atoms with E-state index in [9.17, 15) is 4.79 Å². The number of rotatable bonds is 9. The highest BCUT2D eigenvalue weighted by Crippen LogP contribution is 2.42. The van der Waals surface area contributed by atoms with E-state index in [0.29, 0.717) is 28.9 Å². The lowest BCUT2D eigenvalue weighted by Crippen LogP contribution is -2.31. The van der Waals surface area contributed by atoms with Crippen molar-refractivity contribution in [1.29, 1.82) is 0 Å². The maximum atomic E-state index is 12.9. The van der Waals surface area contributed by atoms with Crippen LogP contribution in [0.2, 0.25) is 0 Å². The summed E-state index contributed by atoms with van der Waals surface area (Å²) in [7, 11) is 4.63. The molecule has 162 valence electrons. The summed E-state index contributed by atoms with van der Waals surface area (Å²) >= 11 is 1.44. The van der Waals surface area contributed by atoms with E-state index >= 15 is 0 Å². The molecule has 0 radical (unpaired) electrons. The molecule has 0 N–H and O–H groups in total. The topological polar surface area (TPSA) is 78.7 Å². The first-order valence-corrected chi connectivity index (χ1v) is 11.3. The van der Waals surface area contributed by atoms with Gasteiger partial charge in [0.15, 0.2) is 22.4 Å². The molecule has 1 saturated carbocycles. The first-order chi connectivity index (χ1) is 14.7. The normalized spacial score (nSPS) is 16.4. The number of ether oxygens (including phenoxy) is 3. The fraction of sp³-hybridized carbons (Fsp3) is 0.571. The Morgan fingerprint density at radius 2 is 1.70 bits per heavy atom. The largest absolute Gasteiger partial charge is 0.493 e. The summed E-state index contributed by atoms with van der Waals surface area (Å²) in [5.74, 6) is 2.62. The van der Waals surface area contributed by atoms with E-state index in [2.05, 4.69) is 19.7 Å². The number of methoxy groups -OCH3 is 3. The van der Waals surface area contributed by atoms with E-state index in [1.807, 2.05) is 0 Å². The Balaban J connectivity index is 1.51. The number of thioether (sulfide) groups is 1. The van der Waals surface area contributed by atoms with Crippen molar-refractivity contribution >= 4 is 23.5 Å². The van der Waals surface area contributed by atoms with Crippen molar-refractivity contribution < 1.29 is 19.0 Å². The number of benzene rings is 1. The Labute approximate surface area is 180 Å². The number of carbonyl (C=O) groups excluding carboxylic acids is 1. The van der Waals surface area contributed by atoms with Crippen molar-refractivity contribution in [2.45, 2.75) is 43.3 Å². The molecule has 0 unspecified atom stereocenters. The molecule has 1 aromatic heterocycles. The van der Waals surface area contributed by atoms with Gasteiger partial charge in [-0.3, -0.25) is 9.36 Å². The number of piperidine rings is 1. The standard InChI is InChI=1S/C21H28N4O4S/c1-27-17-11-14(12-18(28-2)19(17)29-3)16(26)13-30-21-23-22-20(25(21)15-7-8-15)24-9-5-4-6-10-24/h11-12,15H,4-10,13H2,1-3H3. The van der Waals surface area contributed by atoms with Gasteiger partial charge in [-0.2, -0.15) is 0 Å². The van der Waals surface area contributed by atoms with Crippen LogP contribution in [0.25, 0.3) is 0 Å². The van der Waals surface area contributed by atoms with Gasteiger partial charge >= 0.3 is 0 Å². The van der Waals surface area contributed by atoms with Gasteiger partial charge in [0, 0.05) is 24.7 Å². The first-order valence-electron chi connectivity index (χ1n) is 10.3. The highest BCUT2D eigenvalue weighted by atomic mass is 32.2. The van der Waals surface area contributed by atoms with Gasteiger partial charge in [0.2, 0.25) is 11.7 Å². The van der Waals surface area contributed by atoms with Crippen LogP contribution in [0.4, 0.5) is 5.95 Å². The average Bonchev–Trinajstić information content (AvgIpc) is 3.55. The molecule has 30 heavy (non-hydrogen) atoms. The Hall–Kier alpha value is -2.42. The van der Waals surface area contributed by atoms with Gasteiger partial charge in [-0.05, 0) is 44.2 Å². The molecule has 1 aliphatic carbocycles. The molecule has 1 aromatic carbocycles. The Morgan fingerprint density at radius 3 is 2.27 bits per heavy atom. The molecule has 2 fully saturated rings. The molecule has 4 rings (SSSR count). The van der Waals surface area contributed by atoms with Crippen LogP contribution < -0.4 is 19.1 Å². The summed E-state index contributed by atoms with van der Waals surface area (Å²) < 4.78 is 18.3. The molecule has 2 aromatic rings. The zero-order chi connectivity index (χ0) is 21.1. The van der Waals surface area contributed by atoms with Crippen LogP contribution in [-0.2, 0) is 0 Å². The smallest absolute Gasteiger partial charge is 0.228 e. The summed E-state index contributed by atoms with van der Waals surface area (Å²) in [5, 5.41) is 9.72. The SMILES string of the molecule is COc1cc(C(=O)CSc2nnc(N3CCCCC3)n2C2CC2)cc(OC)c1OC. The van der Waals surface area contributed by atoms with Crippen molar-refractivity contribution in [1.82, 2.24) is 14.8 Å². The molecule has 9 heteroatoms. The van der Waals surface area contributed by atoms with Gasteiger partial charge in [-0.15, -0.1) is 10.2 Å². The predicted molar refractivity (Wildman–Crippen MR) is 116 cm³/mol. The van der Waals surface area contributed by atoms with E-state index in [-0.39, 0.29) is 11.5 Å². The lowest BCUT2D eigenvalue weighted by molar-refractivity contribution is 0.102. The summed E-state index contributed by atoms with van der Waals surface area (Å²) in [6, 6.07) is 3.83. The Morgan fingerprint density at radius 1 is 1.03 bits per heavy atom. The number of hydrogen-bond acceptors (Lipinski definition) is 8. The number of ketones is 1. The van der Waals surface area contributed by atoms with Crippen LogP contribution in [0.5, 0.6) is 17.2 Å². The highest BCUT2D eigenvalue weighted by Gasteiger charge is 2.32. The summed E-state index contributed by atoms with van der Waals surface area (Å²) in [6.45, 7) is 2.06. The lowest BCUT2D eigenvalue weighted by Gasteiger charge is -2.27. The Kier molecular flexibility index (Phi) is 6.36. The molecule has 0 bridgehead atoms. The predicted octanol–water partition coefficient (Wildman–Crippen LogP) is 3.60. The maximum absolute atomic E-state index is 12.9. The van der Waals surface area contributed by atoms with Crippen molar-refractivity contribution in [3.8, 4) is 17.2 Å². The van der Waals surface area contributed by atoms with Crippen LogP contribution in [0.1, 0.15) is 48.5 Å². The summed E-state index contributed by atoms with van der Waals surface area (Å²) in [5.41, 5.74) is 0.519. The molecule has 8 nitrogen and oxygen atoms in total. The van der Waals surface area contributed by atoms with Crippen molar-refractivity contribution in [3.63, 3.8) is 0 Å². The molecular weight excluding hydrogens is 404 g/mol. The quantitative estimate of drug-likeness (QED) is 0.439. The van der Waals surface area contributed by atoms with Gasteiger partial charge in [-0.25, -0.2) is 0 Å². The van der Waals surface area contributed by atoms with Gasteiger partial charge < -0.3 is 19.1 Å². The monoisotopic (exact) mass is 432 g/mol. The van der Waals surface area contributed by atoms with E-state index in [1.54, 1.807) is 33.5 Å². The van der Waals surface area contributed by atoms with Gasteiger partial charge in [0.25, 0.3) is 0 Å². The first kappa shape index (κ1) is 20.8. The molecule has 2 aliphatic rings. The molecular formula is C21H28N4O4S. The third kappa shape index (κ3) is 4.21. The number of Topliss-reactive ketones (excluding diaryl/α,β-unsaturated/α-hetero) is 1. The van der Waals surface area contributed by atoms with Crippen LogP contribution in [0, 0.1) is 0 Å². The van der Waals surface area contributed by atoms with E-state index in [1.165, 1.54) is 31.0 Å². The van der Waals surface area contributed by atoms with E-state index < -0.39 is 0 Å². The fourth-order valence-electron chi connectivity index (χ4n) is 3.79. The second-order valence-corrected chi connectivity index (χ2v) is 8.50. The minimum Gasteiger partial charge on any atom is -0.493 e. The van der Waals surface area contributed by atoms with E-state index in [4.69, 9.17) is 14.2 Å². The lowest BCUT2D eigenvalue weighted by atomic mass is 10.1. The van der Waals surface area contributed by atoms with Crippen LogP contribution in [0.3, 0.4) is 0 Å². The van der Waals surface area contributed by atoms with Gasteiger partial charge in [-0.1, -0.05) is 11.8 Å². The second kappa shape index (κ2) is 9.16. The third-order valence-electron chi connectivity index (χ3n) is 5.52. The molecule has 2 heterocycles. The highest BCUT2D eigenvalue weighted by molar-refractivity contribution is 7.99. The van der Waals surface area contributed by atoms with Crippen LogP contribution in [0.15, 0.2) is 17.3 Å². The van der Waals surface area contributed by atoms with Crippen molar-refractivity contribution in [3.05, 3.63) is 17.7 Å². The molecule has 1 aliphatic heterocycles. The molecule has 0 spiro atoms. The number of hydrogen-bond donors (Lipinski definition) is 0. The van der Waals surface area contributed by atoms with Gasteiger partial charge in [0.1, 0.15) is 0 Å². The zero-order valence-electron chi connectivity index (χ0n) is 17.7. The minimum absolute atomic E-state index is 0.0240. The van der Waals surface area contributed by atoms with Crippen molar-refractivity contribution in [2.24, 2.45) is 0 Å². The van der Waals surface area contributed by atoms with Crippen LogP contribution >= 0.6 is 11.8 Å². The minimum atomic E-state index is -0.0240. The maximum Gasteiger partial charge on any atom is 0.228 e. The number of nitrogens with zero attached hydrogens (tertiary/aromatic N) is 4. The van der Waals surface area contributed by atoms with Crippen LogP contribution in [-0.4, -0.2) is 60.7 Å². The van der Waals surface area contributed by atoms with Gasteiger partial charge in [0.05, 0.1) is 27.1 Å². The second-order valence-electron chi connectivity index (χ2n) is 7.56. The zero-order valence-corrected chi connectivity index (χ0v) is 18.5. The summed E-state index contributed by atoms with van der Waals surface area (Å²) in [6.07, 6.45) is 5.96. The number of anilines is 1. The summed E-state index contributed by atoms with van der Waals surface area (Å²) in [4.78, 5) is 15.3. The molecule has 1 saturated heterocycles. The molecule has 0 atom stereocenters. The van der Waals surface area contributed by atoms with Crippen molar-refractivity contribution in [2.75, 3.05) is 45.1 Å². The third-order valence-corrected chi connectivity index (χ3v) is 6.46. The average molecular weight is 433 g/mol. The number of carbonyl (C=O) groups is 1.